The Hall–Kier alpha value is -2.23. The summed E-state index contributed by atoms with van der Waals surface area (Å²) >= 11 is 0. The Kier molecular flexibility index (Phi) is 3.90. The van der Waals surface area contributed by atoms with E-state index in [2.05, 4.69) is 0 Å². The summed E-state index contributed by atoms with van der Waals surface area (Å²) in [4.78, 5) is 10.7. The molecule has 0 aliphatic heterocycles. The molecule has 0 atom stereocenters. The summed E-state index contributed by atoms with van der Waals surface area (Å²) in [5.41, 5.74) is 0.848. The Labute approximate surface area is 111 Å². The lowest BCUT2D eigenvalue weighted by atomic mass is 10.0. The number of methoxy groups -OCH3 is 2. The average molecular weight is 260 g/mol. The van der Waals surface area contributed by atoms with Gasteiger partial charge in [0.1, 0.15) is 11.5 Å². The molecular formula is C15H16O4. The molecule has 0 unspecified atom stereocenters. The molecule has 1 N–H and O–H groups in total. The Morgan fingerprint density at radius 1 is 1.16 bits per heavy atom. The number of rotatable bonds is 5. The molecule has 0 spiro atoms. The number of ether oxygens (including phenoxy) is 2. The first-order chi connectivity index (χ1) is 9.17. The molecule has 0 saturated heterocycles. The molecule has 0 amide bonds. The second-order valence-electron chi connectivity index (χ2n) is 4.21. The van der Waals surface area contributed by atoms with Crippen LogP contribution in [0.15, 0.2) is 30.3 Å². The summed E-state index contributed by atoms with van der Waals surface area (Å²) in [6, 6.07) is 9.61. The Bertz CT molecular complexity index is 604. The fraction of sp³-hybridized carbons (Fsp3) is 0.267. The van der Waals surface area contributed by atoms with Gasteiger partial charge in [0.2, 0.25) is 0 Å². The Morgan fingerprint density at radius 2 is 1.84 bits per heavy atom. The number of carboxylic acids is 1. The molecule has 2 aromatic carbocycles. The van der Waals surface area contributed by atoms with Gasteiger partial charge in [0, 0.05) is 17.2 Å². The number of carbonyl (C=O) groups is 1. The van der Waals surface area contributed by atoms with E-state index in [0.717, 1.165) is 27.8 Å². The number of carboxylic acid groups (broad SMARTS) is 1. The van der Waals surface area contributed by atoms with Gasteiger partial charge in [-0.05, 0) is 18.1 Å². The highest BCUT2D eigenvalue weighted by atomic mass is 16.5. The summed E-state index contributed by atoms with van der Waals surface area (Å²) in [6.45, 7) is 0. The molecule has 0 aliphatic carbocycles. The van der Waals surface area contributed by atoms with Gasteiger partial charge in [0.15, 0.2) is 0 Å². The highest BCUT2D eigenvalue weighted by molar-refractivity contribution is 5.94. The Morgan fingerprint density at radius 3 is 2.42 bits per heavy atom. The van der Waals surface area contributed by atoms with Crippen LogP contribution in [-0.4, -0.2) is 25.3 Å². The fourth-order valence-corrected chi connectivity index (χ4v) is 2.21. The van der Waals surface area contributed by atoms with Crippen LogP contribution in [0, 0.1) is 0 Å². The molecule has 0 saturated carbocycles. The molecule has 2 aromatic rings. The molecule has 0 aromatic heterocycles. The minimum absolute atomic E-state index is 0.0673. The standard InChI is InChI=1S/C15H16O4/c1-18-13-9-10(7-8-14(16)17)15(19-2)12-6-4-3-5-11(12)13/h3-6,9H,7-8H2,1-2H3,(H,16,17). The van der Waals surface area contributed by atoms with Crippen molar-refractivity contribution in [3.05, 3.63) is 35.9 Å². The van der Waals surface area contributed by atoms with E-state index in [4.69, 9.17) is 14.6 Å². The van der Waals surface area contributed by atoms with Crippen molar-refractivity contribution in [1.29, 1.82) is 0 Å². The number of benzene rings is 2. The van der Waals surface area contributed by atoms with E-state index in [1.807, 2.05) is 30.3 Å². The van der Waals surface area contributed by atoms with Gasteiger partial charge in [0.05, 0.1) is 14.2 Å². The van der Waals surface area contributed by atoms with E-state index in [1.165, 1.54) is 0 Å². The molecular weight excluding hydrogens is 244 g/mol. The number of hydrogen-bond donors (Lipinski definition) is 1. The molecule has 2 rings (SSSR count). The van der Waals surface area contributed by atoms with Crippen molar-refractivity contribution in [3.8, 4) is 11.5 Å². The number of fused-ring (bicyclic) bond motifs is 1. The van der Waals surface area contributed by atoms with E-state index >= 15 is 0 Å². The van der Waals surface area contributed by atoms with Crippen LogP contribution in [0.4, 0.5) is 0 Å². The second kappa shape index (κ2) is 5.61. The predicted molar refractivity (Wildman–Crippen MR) is 73.0 cm³/mol. The van der Waals surface area contributed by atoms with Gasteiger partial charge in [-0.1, -0.05) is 24.3 Å². The molecule has 100 valence electrons. The lowest BCUT2D eigenvalue weighted by Gasteiger charge is -2.14. The third-order valence-electron chi connectivity index (χ3n) is 3.07. The van der Waals surface area contributed by atoms with Crippen LogP contribution in [-0.2, 0) is 11.2 Å². The van der Waals surface area contributed by atoms with Crippen LogP contribution in [0.3, 0.4) is 0 Å². The first-order valence-corrected chi connectivity index (χ1v) is 6.01. The normalized spacial score (nSPS) is 10.4. The van der Waals surface area contributed by atoms with Gasteiger partial charge in [-0.3, -0.25) is 4.79 Å². The van der Waals surface area contributed by atoms with Crippen LogP contribution in [0.2, 0.25) is 0 Å². The third-order valence-corrected chi connectivity index (χ3v) is 3.07. The maximum atomic E-state index is 10.7. The maximum Gasteiger partial charge on any atom is 0.303 e. The highest BCUT2D eigenvalue weighted by Gasteiger charge is 2.13. The summed E-state index contributed by atoms with van der Waals surface area (Å²) in [5.74, 6) is 0.628. The maximum absolute atomic E-state index is 10.7. The van der Waals surface area contributed by atoms with Crippen molar-refractivity contribution in [2.24, 2.45) is 0 Å². The zero-order valence-electron chi connectivity index (χ0n) is 11.0. The van der Waals surface area contributed by atoms with E-state index in [9.17, 15) is 4.79 Å². The van der Waals surface area contributed by atoms with Crippen LogP contribution in [0.5, 0.6) is 11.5 Å². The second-order valence-corrected chi connectivity index (χ2v) is 4.21. The number of aliphatic carboxylic acids is 1. The van der Waals surface area contributed by atoms with Gasteiger partial charge in [-0.2, -0.15) is 0 Å². The van der Waals surface area contributed by atoms with Gasteiger partial charge in [-0.15, -0.1) is 0 Å². The lowest BCUT2D eigenvalue weighted by Crippen LogP contribution is -2.01. The quantitative estimate of drug-likeness (QED) is 0.898. The van der Waals surface area contributed by atoms with E-state index in [1.54, 1.807) is 14.2 Å². The molecule has 0 fully saturated rings. The van der Waals surface area contributed by atoms with Crippen LogP contribution >= 0.6 is 0 Å². The van der Waals surface area contributed by atoms with Gasteiger partial charge in [-0.25, -0.2) is 0 Å². The molecule has 4 nitrogen and oxygen atoms in total. The van der Waals surface area contributed by atoms with Crippen LogP contribution in [0.25, 0.3) is 10.8 Å². The summed E-state index contributed by atoms with van der Waals surface area (Å²) < 4.78 is 10.8. The SMILES string of the molecule is COc1cc(CCC(=O)O)c(OC)c2ccccc12. The number of hydrogen-bond acceptors (Lipinski definition) is 3. The van der Waals surface area contributed by atoms with Crippen molar-refractivity contribution in [3.63, 3.8) is 0 Å². The lowest BCUT2D eigenvalue weighted by molar-refractivity contribution is -0.136. The average Bonchev–Trinajstić information content (AvgIpc) is 2.43. The van der Waals surface area contributed by atoms with E-state index in [-0.39, 0.29) is 6.42 Å². The molecule has 0 heterocycles. The van der Waals surface area contributed by atoms with Gasteiger partial charge in [0.25, 0.3) is 0 Å². The highest BCUT2D eigenvalue weighted by Crippen LogP contribution is 2.37. The molecule has 0 bridgehead atoms. The first-order valence-electron chi connectivity index (χ1n) is 6.01. The predicted octanol–water partition coefficient (Wildman–Crippen LogP) is 2.87. The van der Waals surface area contributed by atoms with Gasteiger partial charge < -0.3 is 14.6 Å². The van der Waals surface area contributed by atoms with Crippen molar-refractivity contribution >= 4 is 16.7 Å². The van der Waals surface area contributed by atoms with Crippen LogP contribution in [0.1, 0.15) is 12.0 Å². The summed E-state index contributed by atoms with van der Waals surface area (Å²) in [6.07, 6.45) is 0.484. The summed E-state index contributed by atoms with van der Waals surface area (Å²) in [5, 5.41) is 10.7. The number of aryl methyl sites for hydroxylation is 1. The zero-order chi connectivity index (χ0) is 13.8. The largest absolute Gasteiger partial charge is 0.496 e. The van der Waals surface area contributed by atoms with Crippen molar-refractivity contribution < 1.29 is 19.4 Å². The van der Waals surface area contributed by atoms with Crippen molar-refractivity contribution in [1.82, 2.24) is 0 Å². The van der Waals surface area contributed by atoms with Crippen molar-refractivity contribution in [2.45, 2.75) is 12.8 Å². The third kappa shape index (κ3) is 2.62. The fourth-order valence-electron chi connectivity index (χ4n) is 2.21. The van der Waals surface area contributed by atoms with Crippen molar-refractivity contribution in [2.75, 3.05) is 14.2 Å². The van der Waals surface area contributed by atoms with Gasteiger partial charge >= 0.3 is 5.97 Å². The monoisotopic (exact) mass is 260 g/mol. The van der Waals surface area contributed by atoms with E-state index < -0.39 is 5.97 Å². The molecule has 0 aliphatic rings. The minimum atomic E-state index is -0.825. The van der Waals surface area contributed by atoms with Crippen LogP contribution < -0.4 is 9.47 Å². The summed E-state index contributed by atoms with van der Waals surface area (Å²) in [7, 11) is 3.20. The molecule has 4 heteroatoms. The zero-order valence-corrected chi connectivity index (χ0v) is 11.0. The smallest absolute Gasteiger partial charge is 0.303 e. The van der Waals surface area contributed by atoms with E-state index in [0.29, 0.717) is 6.42 Å². The minimum Gasteiger partial charge on any atom is -0.496 e. The molecule has 0 radical (unpaired) electrons. The first kappa shape index (κ1) is 13.2. The molecule has 19 heavy (non-hydrogen) atoms. The Balaban J connectivity index is 2.59. The topological polar surface area (TPSA) is 55.8 Å².